The number of carboxylic acids is 1. The highest BCUT2D eigenvalue weighted by atomic mass is 19.1. The fraction of sp³-hybridized carbons (Fsp3) is 0.500. The Balaban J connectivity index is 1.53. The maximum absolute atomic E-state index is 14.3. The number of para-hydroxylation sites is 1. The smallest absolute Gasteiger partial charge is 0.307 e. The van der Waals surface area contributed by atoms with Gasteiger partial charge in [0.2, 0.25) is 5.95 Å². The molecule has 7 heteroatoms. The molecular formula is C18H19FN4O2. The van der Waals surface area contributed by atoms with Crippen LogP contribution in [0.5, 0.6) is 0 Å². The molecule has 1 unspecified atom stereocenters. The van der Waals surface area contributed by atoms with Gasteiger partial charge in [0.25, 0.3) is 0 Å². The lowest BCUT2D eigenvalue weighted by molar-refractivity contribution is -0.139. The number of aliphatic carboxylic acids is 1. The summed E-state index contributed by atoms with van der Waals surface area (Å²) in [6.45, 7) is 4.33. The molecular weight excluding hydrogens is 323 g/mol. The molecule has 3 fully saturated rings. The van der Waals surface area contributed by atoms with E-state index in [4.69, 9.17) is 4.98 Å². The second-order valence-corrected chi connectivity index (χ2v) is 7.63. The van der Waals surface area contributed by atoms with Gasteiger partial charge in [-0.2, -0.15) is 4.98 Å². The van der Waals surface area contributed by atoms with Gasteiger partial charge in [0.1, 0.15) is 17.2 Å². The van der Waals surface area contributed by atoms with Crippen LogP contribution in [0.15, 0.2) is 18.2 Å². The van der Waals surface area contributed by atoms with Gasteiger partial charge in [-0.25, -0.2) is 9.37 Å². The maximum atomic E-state index is 14.3. The second kappa shape index (κ2) is 4.80. The highest BCUT2D eigenvalue weighted by Gasteiger charge is 2.65. The highest BCUT2D eigenvalue weighted by Crippen LogP contribution is 2.59. The third kappa shape index (κ3) is 2.04. The van der Waals surface area contributed by atoms with Gasteiger partial charge in [-0.05, 0) is 31.9 Å². The predicted molar refractivity (Wildman–Crippen MR) is 91.3 cm³/mol. The fourth-order valence-electron chi connectivity index (χ4n) is 4.18. The number of hydrogen-bond donors (Lipinski definition) is 1. The van der Waals surface area contributed by atoms with Crippen LogP contribution >= 0.6 is 0 Å². The Morgan fingerprint density at radius 2 is 2.16 bits per heavy atom. The number of nitrogens with zero attached hydrogens (tertiary/aromatic N) is 4. The van der Waals surface area contributed by atoms with Crippen molar-refractivity contribution in [1.29, 1.82) is 0 Å². The number of carbonyl (C=O) groups is 1. The van der Waals surface area contributed by atoms with Crippen LogP contribution in [0.2, 0.25) is 0 Å². The Hall–Kier alpha value is -2.44. The summed E-state index contributed by atoms with van der Waals surface area (Å²) in [5.74, 6) is -0.0180. The SMILES string of the molecule is C[C@H]1CCN1c1nc(N2CC3(CC3C(=O)O)C2)c2cccc(F)c2n1. The van der Waals surface area contributed by atoms with Crippen molar-refractivity contribution >= 4 is 28.6 Å². The Bertz CT molecular complexity index is 896. The normalized spacial score (nSPS) is 26.5. The molecule has 25 heavy (non-hydrogen) atoms. The average molecular weight is 342 g/mol. The van der Waals surface area contributed by atoms with Crippen LogP contribution in [0.25, 0.3) is 10.9 Å². The first-order chi connectivity index (χ1) is 12.0. The summed E-state index contributed by atoms with van der Waals surface area (Å²) >= 11 is 0. The molecule has 2 aliphatic heterocycles. The van der Waals surface area contributed by atoms with Gasteiger partial charge in [-0.1, -0.05) is 6.07 Å². The summed E-state index contributed by atoms with van der Waals surface area (Å²) in [6.07, 6.45) is 1.81. The Morgan fingerprint density at radius 1 is 1.36 bits per heavy atom. The van der Waals surface area contributed by atoms with E-state index in [1.807, 2.05) is 6.07 Å². The minimum absolute atomic E-state index is 0.110. The quantitative estimate of drug-likeness (QED) is 0.923. The van der Waals surface area contributed by atoms with Crippen LogP contribution in [0.4, 0.5) is 16.2 Å². The van der Waals surface area contributed by atoms with Crippen LogP contribution < -0.4 is 9.80 Å². The molecule has 1 N–H and O–H groups in total. The zero-order valence-electron chi connectivity index (χ0n) is 13.9. The standard InChI is InChI=1S/C18H19FN4O2/c1-10-5-6-23(10)17-20-14-11(3-2-4-13(14)19)15(21-17)22-8-18(9-22)7-12(18)16(24)25/h2-4,10,12H,5-9H2,1H3,(H,24,25)/t10-,12?/m0/s1. The molecule has 0 radical (unpaired) electrons. The second-order valence-electron chi connectivity index (χ2n) is 7.63. The van der Waals surface area contributed by atoms with Crippen molar-refractivity contribution in [2.24, 2.45) is 11.3 Å². The van der Waals surface area contributed by atoms with Gasteiger partial charge < -0.3 is 14.9 Å². The van der Waals surface area contributed by atoms with Crippen molar-refractivity contribution in [3.63, 3.8) is 0 Å². The number of aromatic nitrogens is 2. The number of benzene rings is 1. The van der Waals surface area contributed by atoms with Crippen molar-refractivity contribution in [3.8, 4) is 0 Å². The van der Waals surface area contributed by atoms with E-state index in [0.717, 1.165) is 25.2 Å². The molecule has 0 bridgehead atoms. The van der Waals surface area contributed by atoms with Crippen LogP contribution in [0, 0.1) is 17.2 Å². The number of hydrogen-bond acceptors (Lipinski definition) is 5. The molecule has 0 amide bonds. The van der Waals surface area contributed by atoms with Crippen molar-refractivity contribution in [1.82, 2.24) is 9.97 Å². The van der Waals surface area contributed by atoms with Crippen LogP contribution in [0.3, 0.4) is 0 Å². The van der Waals surface area contributed by atoms with Gasteiger partial charge in [-0.15, -0.1) is 0 Å². The minimum atomic E-state index is -0.715. The molecule has 1 aliphatic carbocycles. The van der Waals surface area contributed by atoms with Gasteiger partial charge in [0, 0.05) is 36.5 Å². The monoisotopic (exact) mass is 342 g/mol. The highest BCUT2D eigenvalue weighted by molar-refractivity contribution is 5.92. The predicted octanol–water partition coefficient (Wildman–Crippen LogP) is 2.28. The number of halogens is 1. The van der Waals surface area contributed by atoms with E-state index >= 15 is 0 Å². The summed E-state index contributed by atoms with van der Waals surface area (Å²) < 4.78 is 14.3. The fourth-order valence-corrected chi connectivity index (χ4v) is 4.18. The largest absolute Gasteiger partial charge is 0.481 e. The summed E-state index contributed by atoms with van der Waals surface area (Å²) in [7, 11) is 0. The lowest BCUT2D eigenvalue weighted by atomic mass is 9.93. The molecule has 6 nitrogen and oxygen atoms in total. The van der Waals surface area contributed by atoms with Gasteiger partial charge >= 0.3 is 5.97 Å². The molecule has 1 spiro atoms. The molecule has 2 saturated heterocycles. The number of anilines is 2. The lowest BCUT2D eigenvalue weighted by Gasteiger charge is -2.43. The van der Waals surface area contributed by atoms with Crippen LogP contribution in [-0.2, 0) is 4.79 Å². The maximum Gasteiger partial charge on any atom is 0.307 e. The van der Waals surface area contributed by atoms with E-state index in [-0.39, 0.29) is 17.2 Å². The Kier molecular flexibility index (Phi) is 2.86. The van der Waals surface area contributed by atoms with E-state index < -0.39 is 5.97 Å². The number of fused-ring (bicyclic) bond motifs is 1. The van der Waals surface area contributed by atoms with Crippen molar-refractivity contribution in [3.05, 3.63) is 24.0 Å². The van der Waals surface area contributed by atoms with Crippen LogP contribution in [0.1, 0.15) is 19.8 Å². The van der Waals surface area contributed by atoms with Crippen LogP contribution in [-0.4, -0.2) is 46.7 Å². The number of rotatable bonds is 3. The van der Waals surface area contributed by atoms with E-state index in [1.165, 1.54) is 6.07 Å². The van der Waals surface area contributed by atoms with Crippen molar-refractivity contribution in [2.75, 3.05) is 29.4 Å². The zero-order valence-corrected chi connectivity index (χ0v) is 13.9. The third-order valence-electron chi connectivity index (χ3n) is 6.02. The molecule has 130 valence electrons. The summed E-state index contributed by atoms with van der Waals surface area (Å²) in [6, 6.07) is 5.29. The molecule has 2 atom stereocenters. The van der Waals surface area contributed by atoms with E-state index in [9.17, 15) is 14.3 Å². The Labute approximate surface area is 144 Å². The molecule has 5 rings (SSSR count). The first kappa shape index (κ1) is 14.9. The van der Waals surface area contributed by atoms with Gasteiger partial charge in [0.15, 0.2) is 0 Å². The molecule has 2 aromatic rings. The van der Waals surface area contributed by atoms with E-state index in [1.54, 1.807) is 6.07 Å². The topological polar surface area (TPSA) is 69.6 Å². The first-order valence-corrected chi connectivity index (χ1v) is 8.69. The number of carboxylic acid groups (broad SMARTS) is 1. The molecule has 1 saturated carbocycles. The summed E-state index contributed by atoms with van der Waals surface area (Å²) in [5.41, 5.74) is 0.230. The van der Waals surface area contributed by atoms with E-state index in [2.05, 4.69) is 21.7 Å². The zero-order chi connectivity index (χ0) is 17.3. The minimum Gasteiger partial charge on any atom is -0.481 e. The summed E-state index contributed by atoms with van der Waals surface area (Å²) in [4.78, 5) is 24.5. The molecule has 3 aliphatic rings. The summed E-state index contributed by atoms with van der Waals surface area (Å²) in [5, 5.41) is 9.90. The van der Waals surface area contributed by atoms with Gasteiger partial charge in [0.05, 0.1) is 5.92 Å². The van der Waals surface area contributed by atoms with E-state index in [0.29, 0.717) is 36.0 Å². The van der Waals surface area contributed by atoms with Crippen molar-refractivity contribution < 1.29 is 14.3 Å². The lowest BCUT2D eigenvalue weighted by Crippen LogP contribution is -2.51. The average Bonchev–Trinajstić information content (AvgIpc) is 3.28. The third-order valence-corrected chi connectivity index (χ3v) is 6.02. The molecule has 3 heterocycles. The molecule has 1 aromatic carbocycles. The van der Waals surface area contributed by atoms with Crippen molar-refractivity contribution in [2.45, 2.75) is 25.8 Å². The Morgan fingerprint density at radius 3 is 2.76 bits per heavy atom. The first-order valence-electron chi connectivity index (χ1n) is 8.69. The van der Waals surface area contributed by atoms with Gasteiger partial charge in [-0.3, -0.25) is 4.79 Å². The molecule has 1 aromatic heterocycles.